The Bertz CT molecular complexity index is 809. The van der Waals surface area contributed by atoms with Crippen molar-refractivity contribution in [3.63, 3.8) is 0 Å². The van der Waals surface area contributed by atoms with Crippen molar-refractivity contribution in [2.24, 2.45) is 0 Å². The molecule has 0 N–H and O–H groups in total. The number of aromatic nitrogens is 2. The number of benzene rings is 1. The molecule has 28 heavy (non-hydrogen) atoms. The van der Waals surface area contributed by atoms with Crippen LogP contribution in [0.5, 0.6) is 11.5 Å². The molecule has 2 aliphatic rings. The Kier molecular flexibility index (Phi) is 5.60. The fourth-order valence-electron chi connectivity index (χ4n) is 3.78. The second-order valence-electron chi connectivity index (χ2n) is 7.21. The molecule has 1 aromatic carbocycles. The minimum atomic E-state index is -0.337. The van der Waals surface area contributed by atoms with Crippen molar-refractivity contribution in [2.75, 3.05) is 13.7 Å². The van der Waals surface area contributed by atoms with Gasteiger partial charge in [-0.2, -0.15) is 0 Å². The van der Waals surface area contributed by atoms with Crippen LogP contribution in [-0.2, 0) is 11.3 Å². The van der Waals surface area contributed by atoms with Crippen molar-refractivity contribution in [1.82, 2.24) is 14.9 Å². The smallest absolute Gasteiger partial charge is 0.410 e. The van der Waals surface area contributed by atoms with E-state index in [1.807, 2.05) is 18.2 Å². The van der Waals surface area contributed by atoms with E-state index >= 15 is 0 Å². The van der Waals surface area contributed by atoms with Crippen LogP contribution in [0, 0.1) is 0 Å². The van der Waals surface area contributed by atoms with Crippen LogP contribution < -0.4 is 9.47 Å². The Balaban J connectivity index is 1.43. The molecule has 7 nitrogen and oxygen atoms in total. The van der Waals surface area contributed by atoms with Crippen molar-refractivity contribution in [3.05, 3.63) is 48.0 Å². The molecule has 1 amide bonds. The predicted molar refractivity (Wildman–Crippen MR) is 102 cm³/mol. The lowest BCUT2D eigenvalue weighted by molar-refractivity contribution is 0.0211. The van der Waals surface area contributed by atoms with E-state index in [0.717, 1.165) is 29.8 Å². The summed E-state index contributed by atoms with van der Waals surface area (Å²) in [6.45, 7) is 1.00. The fraction of sp³-hybridized carbons (Fsp3) is 0.476. The third kappa shape index (κ3) is 4.18. The fourth-order valence-corrected chi connectivity index (χ4v) is 3.78. The van der Waals surface area contributed by atoms with E-state index in [1.165, 1.54) is 12.8 Å². The van der Waals surface area contributed by atoms with Gasteiger partial charge in [-0.05, 0) is 43.4 Å². The number of hydrogen-bond donors (Lipinski definition) is 0. The molecule has 7 heteroatoms. The van der Waals surface area contributed by atoms with Gasteiger partial charge in [0.05, 0.1) is 31.6 Å². The zero-order chi connectivity index (χ0) is 19.3. The highest BCUT2D eigenvalue weighted by atomic mass is 16.6. The van der Waals surface area contributed by atoms with Crippen molar-refractivity contribution in [1.29, 1.82) is 0 Å². The minimum Gasteiger partial charge on any atom is -0.493 e. The largest absolute Gasteiger partial charge is 0.493 e. The zero-order valence-electron chi connectivity index (χ0n) is 16.0. The van der Waals surface area contributed by atoms with E-state index in [1.54, 1.807) is 30.6 Å². The lowest BCUT2D eigenvalue weighted by Gasteiger charge is -2.32. The Hall–Kier alpha value is -2.83. The molecule has 1 saturated heterocycles. The monoisotopic (exact) mass is 383 g/mol. The summed E-state index contributed by atoms with van der Waals surface area (Å²) in [7, 11) is 1.64. The van der Waals surface area contributed by atoms with Crippen LogP contribution in [-0.4, -0.2) is 40.7 Å². The van der Waals surface area contributed by atoms with Crippen LogP contribution in [0.15, 0.2) is 36.8 Å². The summed E-state index contributed by atoms with van der Waals surface area (Å²) in [5, 5.41) is 0. The second-order valence-corrected chi connectivity index (χ2v) is 7.21. The van der Waals surface area contributed by atoms with E-state index in [9.17, 15) is 4.79 Å². The molecule has 0 bridgehead atoms. The van der Waals surface area contributed by atoms with E-state index in [-0.39, 0.29) is 18.3 Å². The van der Waals surface area contributed by atoms with Gasteiger partial charge in [-0.15, -0.1) is 0 Å². The number of ether oxygens (including phenoxy) is 3. The molecule has 148 valence electrons. The van der Waals surface area contributed by atoms with Gasteiger partial charge >= 0.3 is 6.09 Å². The van der Waals surface area contributed by atoms with Crippen LogP contribution in [0.25, 0.3) is 0 Å². The average Bonchev–Trinajstić information content (AvgIpc) is 3.23. The highest BCUT2D eigenvalue weighted by Crippen LogP contribution is 2.36. The molecule has 0 radical (unpaired) electrons. The first-order valence-corrected chi connectivity index (χ1v) is 9.78. The number of rotatable bonds is 6. The first-order chi connectivity index (χ1) is 13.7. The summed E-state index contributed by atoms with van der Waals surface area (Å²) >= 11 is 0. The van der Waals surface area contributed by atoms with Crippen LogP contribution in [0.1, 0.15) is 49.5 Å². The molecular formula is C21H25N3O4. The molecule has 2 fully saturated rings. The molecule has 1 unspecified atom stereocenters. The number of nitrogens with zero attached hydrogens (tertiary/aromatic N) is 3. The van der Waals surface area contributed by atoms with E-state index in [2.05, 4.69) is 9.97 Å². The molecular weight excluding hydrogens is 358 g/mol. The maximum atomic E-state index is 12.5. The number of carbonyl (C=O) groups is 1. The maximum absolute atomic E-state index is 12.5. The summed E-state index contributed by atoms with van der Waals surface area (Å²) in [5.74, 6) is 1.44. The molecule has 1 saturated carbocycles. The number of methoxy groups -OCH3 is 1. The number of hydrogen-bond acceptors (Lipinski definition) is 6. The highest BCUT2D eigenvalue weighted by Gasteiger charge is 2.29. The second kappa shape index (κ2) is 8.46. The first kappa shape index (κ1) is 18.5. The lowest BCUT2D eigenvalue weighted by atomic mass is 10.0. The third-order valence-corrected chi connectivity index (χ3v) is 5.29. The van der Waals surface area contributed by atoms with Gasteiger partial charge in [0, 0.05) is 25.4 Å². The zero-order valence-corrected chi connectivity index (χ0v) is 16.0. The summed E-state index contributed by atoms with van der Waals surface area (Å²) in [4.78, 5) is 22.4. The summed E-state index contributed by atoms with van der Waals surface area (Å²) in [5.41, 5.74) is 1.68. The predicted octanol–water partition coefficient (Wildman–Crippen LogP) is 3.89. The Morgan fingerprint density at radius 3 is 2.75 bits per heavy atom. The van der Waals surface area contributed by atoms with Gasteiger partial charge in [-0.1, -0.05) is 6.07 Å². The van der Waals surface area contributed by atoms with Crippen molar-refractivity contribution in [3.8, 4) is 11.5 Å². The first-order valence-electron chi connectivity index (χ1n) is 9.78. The van der Waals surface area contributed by atoms with Crippen LogP contribution in [0.4, 0.5) is 4.79 Å². The quantitative estimate of drug-likeness (QED) is 0.753. The molecule has 2 heterocycles. The van der Waals surface area contributed by atoms with Gasteiger partial charge in [0.25, 0.3) is 0 Å². The van der Waals surface area contributed by atoms with E-state index < -0.39 is 0 Å². The summed E-state index contributed by atoms with van der Waals surface area (Å²) in [6.07, 6.45) is 9.77. The molecule has 0 spiro atoms. The van der Waals surface area contributed by atoms with E-state index in [0.29, 0.717) is 25.3 Å². The van der Waals surface area contributed by atoms with Gasteiger partial charge in [0.15, 0.2) is 11.5 Å². The van der Waals surface area contributed by atoms with Crippen LogP contribution >= 0.6 is 0 Å². The van der Waals surface area contributed by atoms with Crippen LogP contribution in [0.2, 0.25) is 0 Å². The average molecular weight is 383 g/mol. The van der Waals surface area contributed by atoms with Gasteiger partial charge in [0.1, 0.15) is 6.10 Å². The Morgan fingerprint density at radius 2 is 2.04 bits per heavy atom. The minimum absolute atomic E-state index is 0.237. The maximum Gasteiger partial charge on any atom is 0.410 e. The van der Waals surface area contributed by atoms with Gasteiger partial charge in [-0.25, -0.2) is 4.79 Å². The van der Waals surface area contributed by atoms with Crippen molar-refractivity contribution >= 4 is 6.09 Å². The van der Waals surface area contributed by atoms with Gasteiger partial charge < -0.3 is 19.1 Å². The molecule has 1 aliphatic heterocycles. The van der Waals surface area contributed by atoms with Crippen molar-refractivity contribution < 1.29 is 19.0 Å². The van der Waals surface area contributed by atoms with Crippen LogP contribution in [0.3, 0.4) is 0 Å². The highest BCUT2D eigenvalue weighted by molar-refractivity contribution is 5.68. The number of cyclic esters (lactones) is 1. The third-order valence-electron chi connectivity index (χ3n) is 5.29. The topological polar surface area (TPSA) is 73.8 Å². The van der Waals surface area contributed by atoms with Gasteiger partial charge in [-0.3, -0.25) is 9.97 Å². The Morgan fingerprint density at radius 1 is 1.18 bits per heavy atom. The molecule has 2 aromatic rings. The van der Waals surface area contributed by atoms with Crippen molar-refractivity contribution in [2.45, 2.75) is 50.9 Å². The standard InChI is InChI=1S/C21H25N3O4/c1-26-19-7-6-15(12-20(19)27-17-4-2-3-5-17)18-8-11-24(21(25)28-18)14-16-13-22-9-10-23-16/h6-7,9-10,12-13,17-18H,2-5,8,11,14H2,1H3. The normalized spacial score (nSPS) is 20.1. The van der Waals surface area contributed by atoms with Gasteiger partial charge in [0.2, 0.25) is 0 Å². The number of amides is 1. The molecule has 1 aliphatic carbocycles. The molecule has 1 aromatic heterocycles. The molecule has 4 rings (SSSR count). The number of carbonyl (C=O) groups excluding carboxylic acids is 1. The van der Waals surface area contributed by atoms with E-state index in [4.69, 9.17) is 14.2 Å². The summed E-state index contributed by atoms with van der Waals surface area (Å²) in [6, 6.07) is 5.78. The summed E-state index contributed by atoms with van der Waals surface area (Å²) < 4.78 is 17.3. The molecule has 1 atom stereocenters. The Labute approximate surface area is 164 Å². The SMILES string of the molecule is COc1ccc(C2CCN(Cc3cnccn3)C(=O)O2)cc1OC1CCCC1. The lowest BCUT2D eigenvalue weighted by Crippen LogP contribution is -2.38.